The van der Waals surface area contributed by atoms with Gasteiger partial charge in [-0.05, 0) is 26.0 Å². The highest BCUT2D eigenvalue weighted by atomic mass is 35.5. The lowest BCUT2D eigenvalue weighted by Crippen LogP contribution is -2.35. The molecule has 1 aliphatic heterocycles. The van der Waals surface area contributed by atoms with Gasteiger partial charge >= 0.3 is 5.97 Å². The van der Waals surface area contributed by atoms with Gasteiger partial charge in [-0.25, -0.2) is 4.79 Å². The number of fused-ring (bicyclic) bond motifs is 1. The summed E-state index contributed by atoms with van der Waals surface area (Å²) in [7, 11) is 0. The number of carboxylic acids is 1. The monoisotopic (exact) mass is 351 g/mol. The summed E-state index contributed by atoms with van der Waals surface area (Å²) < 4.78 is 11.7. The van der Waals surface area contributed by atoms with Crippen LogP contribution in [0.1, 0.15) is 24.2 Å². The highest BCUT2D eigenvalue weighted by Gasteiger charge is 2.30. The predicted molar refractivity (Wildman–Crippen MR) is 84.7 cm³/mol. The second-order valence-electron chi connectivity index (χ2n) is 5.68. The lowest BCUT2D eigenvalue weighted by molar-refractivity contribution is -0.146. The van der Waals surface area contributed by atoms with Crippen LogP contribution in [0.25, 0.3) is 0 Å². The number of rotatable bonds is 4. The SMILES string of the molecule is CC(C)(C(=O)O)n1cc(NC(=O)c2cc(Cl)c3c(c2)OCO3)cn1. The van der Waals surface area contributed by atoms with Crippen LogP contribution in [0.3, 0.4) is 0 Å². The summed E-state index contributed by atoms with van der Waals surface area (Å²) in [5.41, 5.74) is -0.581. The molecule has 24 heavy (non-hydrogen) atoms. The summed E-state index contributed by atoms with van der Waals surface area (Å²) in [6, 6.07) is 2.99. The molecule has 9 heteroatoms. The lowest BCUT2D eigenvalue weighted by atomic mass is 10.1. The van der Waals surface area contributed by atoms with Crippen molar-refractivity contribution in [3.63, 3.8) is 0 Å². The molecular weight excluding hydrogens is 338 g/mol. The van der Waals surface area contributed by atoms with Crippen LogP contribution in [0.5, 0.6) is 11.5 Å². The van der Waals surface area contributed by atoms with Gasteiger partial charge in [0, 0.05) is 11.8 Å². The predicted octanol–water partition coefficient (Wildman–Crippen LogP) is 2.34. The normalized spacial score (nSPS) is 13.0. The average molecular weight is 352 g/mol. The third-order valence-electron chi connectivity index (χ3n) is 3.63. The molecule has 126 valence electrons. The first-order valence-corrected chi connectivity index (χ1v) is 7.36. The largest absolute Gasteiger partial charge is 0.479 e. The van der Waals surface area contributed by atoms with Crippen molar-refractivity contribution in [1.82, 2.24) is 9.78 Å². The van der Waals surface area contributed by atoms with Crippen molar-refractivity contribution in [2.75, 3.05) is 12.1 Å². The average Bonchev–Trinajstić information content (AvgIpc) is 3.16. The summed E-state index contributed by atoms with van der Waals surface area (Å²) in [4.78, 5) is 23.6. The van der Waals surface area contributed by atoms with Crippen LogP contribution in [0.4, 0.5) is 5.69 Å². The van der Waals surface area contributed by atoms with Crippen molar-refractivity contribution < 1.29 is 24.2 Å². The number of aliphatic carboxylic acids is 1. The van der Waals surface area contributed by atoms with Gasteiger partial charge < -0.3 is 19.9 Å². The van der Waals surface area contributed by atoms with Gasteiger partial charge in [0.15, 0.2) is 17.0 Å². The molecule has 0 aliphatic carbocycles. The first kappa shape index (κ1) is 16.1. The number of aromatic nitrogens is 2. The standard InChI is InChI=1S/C15H14ClN3O5/c1-15(2,14(21)22)19-6-9(5-17-19)18-13(20)8-3-10(16)12-11(4-8)23-7-24-12/h3-6H,7H2,1-2H3,(H,18,20)(H,21,22). The molecular formula is C15H14ClN3O5. The maximum atomic E-state index is 12.3. The highest BCUT2D eigenvalue weighted by Crippen LogP contribution is 2.39. The Morgan fingerprint density at radius 2 is 2.12 bits per heavy atom. The molecule has 1 aromatic heterocycles. The molecule has 0 saturated heterocycles. The number of amides is 1. The number of nitrogens with zero attached hydrogens (tertiary/aromatic N) is 2. The van der Waals surface area contributed by atoms with Crippen LogP contribution < -0.4 is 14.8 Å². The lowest BCUT2D eigenvalue weighted by Gasteiger charge is -2.19. The first-order valence-electron chi connectivity index (χ1n) is 6.98. The third-order valence-corrected chi connectivity index (χ3v) is 3.91. The van der Waals surface area contributed by atoms with Gasteiger partial charge in [-0.2, -0.15) is 5.10 Å². The number of carbonyl (C=O) groups is 2. The molecule has 1 aliphatic rings. The molecule has 0 spiro atoms. The van der Waals surface area contributed by atoms with Crippen molar-refractivity contribution in [2.24, 2.45) is 0 Å². The molecule has 0 unspecified atom stereocenters. The fourth-order valence-corrected chi connectivity index (χ4v) is 2.36. The van der Waals surface area contributed by atoms with Gasteiger partial charge in [0.05, 0.1) is 16.9 Å². The maximum Gasteiger partial charge on any atom is 0.331 e. The molecule has 0 radical (unpaired) electrons. The number of carbonyl (C=O) groups excluding carboxylic acids is 1. The van der Waals surface area contributed by atoms with Crippen LogP contribution in [0, 0.1) is 0 Å². The van der Waals surface area contributed by atoms with E-state index in [4.69, 9.17) is 21.1 Å². The number of nitrogens with one attached hydrogen (secondary N) is 1. The number of ether oxygens (including phenoxy) is 2. The van der Waals surface area contributed by atoms with Crippen LogP contribution in [0.2, 0.25) is 5.02 Å². The Morgan fingerprint density at radius 1 is 1.38 bits per heavy atom. The molecule has 0 atom stereocenters. The molecule has 0 bridgehead atoms. The number of carboxylic acid groups (broad SMARTS) is 1. The van der Waals surface area contributed by atoms with Gasteiger partial charge in [0.25, 0.3) is 5.91 Å². The van der Waals surface area contributed by atoms with Crippen molar-refractivity contribution >= 4 is 29.2 Å². The number of benzene rings is 1. The van der Waals surface area contributed by atoms with Crippen LogP contribution in [-0.4, -0.2) is 33.6 Å². The Hall–Kier alpha value is -2.74. The van der Waals surface area contributed by atoms with E-state index in [2.05, 4.69) is 10.4 Å². The summed E-state index contributed by atoms with van der Waals surface area (Å²) in [6.07, 6.45) is 2.82. The van der Waals surface area contributed by atoms with E-state index in [1.807, 2.05) is 0 Å². The summed E-state index contributed by atoms with van der Waals surface area (Å²) >= 11 is 6.05. The van der Waals surface area contributed by atoms with Gasteiger partial charge in [0.1, 0.15) is 0 Å². The van der Waals surface area contributed by atoms with Crippen molar-refractivity contribution in [3.8, 4) is 11.5 Å². The van der Waals surface area contributed by atoms with Crippen LogP contribution >= 0.6 is 11.6 Å². The molecule has 1 amide bonds. The number of halogens is 1. The molecule has 2 N–H and O–H groups in total. The highest BCUT2D eigenvalue weighted by molar-refractivity contribution is 6.32. The van der Waals surface area contributed by atoms with E-state index >= 15 is 0 Å². The second-order valence-corrected chi connectivity index (χ2v) is 6.09. The Balaban J connectivity index is 1.80. The number of hydrogen-bond acceptors (Lipinski definition) is 5. The minimum Gasteiger partial charge on any atom is -0.479 e. The Morgan fingerprint density at radius 3 is 2.83 bits per heavy atom. The van der Waals surface area contributed by atoms with Crippen molar-refractivity contribution in [2.45, 2.75) is 19.4 Å². The molecule has 3 rings (SSSR count). The van der Waals surface area contributed by atoms with Crippen molar-refractivity contribution in [1.29, 1.82) is 0 Å². The molecule has 2 heterocycles. The Kier molecular flexibility index (Phi) is 3.84. The molecule has 1 aromatic carbocycles. The molecule has 0 saturated carbocycles. The van der Waals surface area contributed by atoms with E-state index < -0.39 is 17.4 Å². The molecule has 2 aromatic rings. The van der Waals surface area contributed by atoms with Crippen LogP contribution in [-0.2, 0) is 10.3 Å². The topological polar surface area (TPSA) is 103 Å². The minimum atomic E-state index is -1.23. The Bertz CT molecular complexity index is 831. The minimum absolute atomic E-state index is 0.0527. The summed E-state index contributed by atoms with van der Waals surface area (Å²) in [6.45, 7) is 3.06. The zero-order valence-electron chi connectivity index (χ0n) is 12.9. The third kappa shape index (κ3) is 2.76. The molecule has 8 nitrogen and oxygen atoms in total. The molecule has 0 fully saturated rings. The van der Waals surface area contributed by atoms with E-state index in [0.29, 0.717) is 17.2 Å². The number of anilines is 1. The zero-order chi connectivity index (χ0) is 17.5. The zero-order valence-corrected chi connectivity index (χ0v) is 13.6. The van der Waals surface area contributed by atoms with Crippen LogP contribution in [0.15, 0.2) is 24.5 Å². The quantitative estimate of drug-likeness (QED) is 0.876. The van der Waals surface area contributed by atoms with Gasteiger partial charge in [-0.1, -0.05) is 11.6 Å². The number of hydrogen-bond donors (Lipinski definition) is 2. The van der Waals surface area contributed by atoms with E-state index in [1.165, 1.54) is 43.1 Å². The summed E-state index contributed by atoms with van der Waals surface area (Å²) in [5, 5.41) is 16.1. The van der Waals surface area contributed by atoms with E-state index in [-0.39, 0.29) is 17.4 Å². The van der Waals surface area contributed by atoms with Gasteiger partial charge in [-0.3, -0.25) is 9.48 Å². The Labute approximate surface area is 141 Å². The van der Waals surface area contributed by atoms with Gasteiger partial charge in [0.2, 0.25) is 6.79 Å². The first-order chi connectivity index (χ1) is 11.3. The van der Waals surface area contributed by atoms with E-state index in [9.17, 15) is 14.7 Å². The summed E-state index contributed by atoms with van der Waals surface area (Å²) in [5.74, 6) is -0.659. The smallest absolute Gasteiger partial charge is 0.331 e. The second kappa shape index (κ2) is 5.72. The van der Waals surface area contributed by atoms with E-state index in [1.54, 1.807) is 0 Å². The fraction of sp³-hybridized carbons (Fsp3) is 0.267. The fourth-order valence-electron chi connectivity index (χ4n) is 2.09. The van der Waals surface area contributed by atoms with E-state index in [0.717, 1.165) is 0 Å². The maximum absolute atomic E-state index is 12.3. The van der Waals surface area contributed by atoms with Gasteiger partial charge in [-0.15, -0.1) is 0 Å². The van der Waals surface area contributed by atoms with Crippen molar-refractivity contribution in [3.05, 3.63) is 35.1 Å².